The molecule has 5 heterocycles. The number of nitrogens with one attached hydrogen (secondary N) is 3. The molecule has 5 aromatic rings. The van der Waals surface area contributed by atoms with Crippen molar-refractivity contribution in [3.8, 4) is 5.75 Å². The van der Waals surface area contributed by atoms with E-state index in [0.29, 0.717) is 51.5 Å². The van der Waals surface area contributed by atoms with Gasteiger partial charge in [-0.15, -0.1) is 0 Å². The average molecular weight is 916 g/mol. The third-order valence-electron chi connectivity index (χ3n) is 12.3. The summed E-state index contributed by atoms with van der Waals surface area (Å²) >= 11 is 3.60. The maximum Gasteiger partial charge on any atom is 0.234 e. The SMILES string of the molecule is CCc1cc(Nc2ncc(Br)c(Nc3ccc4nc(C)ccc4c3P(C)(C)=O)n2)c(OC)cc1N1CCC2(CCN(CCc3cc(F)c(C4CCC(=O)NC4=O)c(F)c3)C2)C1. The first-order valence-corrected chi connectivity index (χ1v) is 24.1. The van der Waals surface area contributed by atoms with Crippen LogP contribution in [0.4, 0.5) is 37.6 Å². The van der Waals surface area contributed by atoms with Gasteiger partial charge in [0.25, 0.3) is 0 Å². The Kier molecular flexibility index (Phi) is 11.9. The first kappa shape index (κ1) is 42.7. The summed E-state index contributed by atoms with van der Waals surface area (Å²) in [6.45, 7) is 11.8. The largest absolute Gasteiger partial charge is 0.494 e. The smallest absolute Gasteiger partial charge is 0.234 e. The first-order chi connectivity index (χ1) is 29.1. The molecule has 0 radical (unpaired) electrons. The van der Waals surface area contributed by atoms with E-state index < -0.39 is 36.5 Å². The number of carbonyl (C=O) groups excluding carboxylic acids is 2. The average Bonchev–Trinajstić information content (AvgIpc) is 3.83. The first-order valence-electron chi connectivity index (χ1n) is 20.7. The number of amides is 2. The van der Waals surface area contributed by atoms with E-state index in [1.165, 1.54) is 12.1 Å². The van der Waals surface area contributed by atoms with Crippen molar-refractivity contribution >= 4 is 79.9 Å². The van der Waals surface area contributed by atoms with Crippen molar-refractivity contribution in [2.24, 2.45) is 5.41 Å². The Labute approximate surface area is 362 Å². The molecule has 2 amide bonds. The lowest BCUT2D eigenvalue weighted by Crippen LogP contribution is -2.40. The predicted molar refractivity (Wildman–Crippen MR) is 240 cm³/mol. The number of hydrogen-bond acceptors (Lipinski definition) is 11. The van der Waals surface area contributed by atoms with Crippen molar-refractivity contribution in [2.75, 3.05) is 68.7 Å². The van der Waals surface area contributed by atoms with Gasteiger partial charge in [0.1, 0.15) is 30.3 Å². The van der Waals surface area contributed by atoms with E-state index in [1.54, 1.807) is 26.6 Å². The molecule has 3 aliphatic heterocycles. The summed E-state index contributed by atoms with van der Waals surface area (Å²) < 4.78 is 50.6. The van der Waals surface area contributed by atoms with Crippen LogP contribution in [0, 0.1) is 24.0 Å². The number of rotatable bonds is 12. The van der Waals surface area contributed by atoms with Crippen molar-refractivity contribution in [2.45, 2.75) is 58.3 Å². The number of likely N-dealkylation sites (tertiary alicyclic amines) is 1. The molecule has 320 valence electrons. The summed E-state index contributed by atoms with van der Waals surface area (Å²) in [5.41, 5.74) is 5.75. The molecular weight excluding hydrogens is 865 g/mol. The minimum Gasteiger partial charge on any atom is -0.494 e. The Morgan fingerprint density at radius 1 is 1.00 bits per heavy atom. The molecule has 3 N–H and O–H groups in total. The Morgan fingerprint density at radius 3 is 2.49 bits per heavy atom. The van der Waals surface area contributed by atoms with Crippen LogP contribution in [-0.2, 0) is 27.0 Å². The summed E-state index contributed by atoms with van der Waals surface area (Å²) in [5, 5.41) is 10.5. The zero-order chi connectivity index (χ0) is 43.2. The number of nitrogens with zero attached hydrogens (tertiary/aromatic N) is 5. The van der Waals surface area contributed by atoms with Crippen LogP contribution in [0.1, 0.15) is 60.9 Å². The Hall–Kier alpha value is -4.98. The fourth-order valence-corrected chi connectivity index (χ4v) is 11.0. The van der Waals surface area contributed by atoms with Crippen molar-refractivity contribution in [3.05, 3.63) is 93.2 Å². The number of methoxy groups -OCH3 is 1. The maximum atomic E-state index is 15.2. The number of fused-ring (bicyclic) bond motifs is 1. The molecule has 0 saturated carbocycles. The van der Waals surface area contributed by atoms with Crippen LogP contribution >= 0.6 is 23.1 Å². The number of carbonyl (C=O) groups is 2. The lowest BCUT2D eigenvalue weighted by atomic mass is 9.86. The van der Waals surface area contributed by atoms with Gasteiger partial charge in [-0.1, -0.05) is 13.0 Å². The number of aromatic nitrogens is 3. The van der Waals surface area contributed by atoms with Crippen molar-refractivity contribution in [1.82, 2.24) is 25.2 Å². The molecule has 3 aliphatic rings. The molecule has 2 unspecified atom stereocenters. The van der Waals surface area contributed by atoms with Crippen molar-refractivity contribution in [1.29, 1.82) is 0 Å². The fourth-order valence-electron chi connectivity index (χ4n) is 9.26. The number of aryl methyl sites for hydroxylation is 2. The van der Waals surface area contributed by atoms with Gasteiger partial charge in [-0.25, -0.2) is 13.8 Å². The van der Waals surface area contributed by atoms with Crippen LogP contribution < -0.4 is 30.9 Å². The number of imide groups is 1. The summed E-state index contributed by atoms with van der Waals surface area (Å²) in [6.07, 6.45) is 5.16. The van der Waals surface area contributed by atoms with E-state index >= 15 is 8.78 Å². The van der Waals surface area contributed by atoms with Gasteiger partial charge in [0.05, 0.1) is 34.4 Å². The van der Waals surface area contributed by atoms with Crippen LogP contribution in [0.5, 0.6) is 5.75 Å². The Morgan fingerprint density at radius 2 is 1.77 bits per heavy atom. The van der Waals surface area contributed by atoms with Gasteiger partial charge in [0.2, 0.25) is 17.8 Å². The molecule has 3 aromatic carbocycles. The molecule has 0 bridgehead atoms. The van der Waals surface area contributed by atoms with Crippen LogP contribution in [0.2, 0.25) is 0 Å². The Bertz CT molecular complexity index is 2590. The molecule has 3 fully saturated rings. The molecule has 0 aliphatic carbocycles. The van der Waals surface area contributed by atoms with Gasteiger partial charge in [-0.05, 0) is 122 Å². The van der Waals surface area contributed by atoms with Crippen molar-refractivity contribution < 1.29 is 27.7 Å². The van der Waals surface area contributed by atoms with Crippen LogP contribution in [0.15, 0.2) is 59.2 Å². The highest BCUT2D eigenvalue weighted by Crippen LogP contribution is 2.45. The number of ether oxygens (including phenoxy) is 1. The van der Waals surface area contributed by atoms with Crippen LogP contribution in [0.25, 0.3) is 10.9 Å². The number of benzene rings is 3. The number of hydrogen-bond donors (Lipinski definition) is 3. The Balaban J connectivity index is 0.944. The molecular formula is C45H50BrF2N8O4P. The van der Waals surface area contributed by atoms with E-state index in [4.69, 9.17) is 9.72 Å². The molecule has 3 saturated heterocycles. The van der Waals surface area contributed by atoms with E-state index in [2.05, 4.69) is 70.7 Å². The summed E-state index contributed by atoms with van der Waals surface area (Å²) in [4.78, 5) is 42.7. The number of anilines is 5. The second-order valence-corrected chi connectivity index (χ2v) is 20.9. The van der Waals surface area contributed by atoms with Crippen molar-refractivity contribution in [3.63, 3.8) is 0 Å². The van der Waals surface area contributed by atoms with Gasteiger partial charge in [0, 0.05) is 77.9 Å². The van der Waals surface area contributed by atoms with Crippen LogP contribution in [0.3, 0.4) is 0 Å². The van der Waals surface area contributed by atoms with Crippen LogP contribution in [-0.4, -0.2) is 84.8 Å². The molecule has 2 aromatic heterocycles. The normalized spacial score (nSPS) is 19.5. The summed E-state index contributed by atoms with van der Waals surface area (Å²) in [5.74, 6) is -2.05. The van der Waals surface area contributed by atoms with E-state index in [0.717, 1.165) is 79.0 Å². The number of halogens is 3. The molecule has 12 nitrogen and oxygen atoms in total. The third-order valence-corrected chi connectivity index (χ3v) is 14.4. The quantitative estimate of drug-likeness (QED) is 0.0822. The molecule has 2 atom stereocenters. The second kappa shape index (κ2) is 17.1. The second-order valence-electron chi connectivity index (χ2n) is 16.9. The van der Waals surface area contributed by atoms with Gasteiger partial charge in [0.15, 0.2) is 0 Å². The fraction of sp³-hybridized carbons (Fsp3) is 0.400. The summed E-state index contributed by atoms with van der Waals surface area (Å²) in [7, 11) is -1.10. The topological polar surface area (TPSA) is 142 Å². The van der Waals surface area contributed by atoms with E-state index in [9.17, 15) is 14.2 Å². The van der Waals surface area contributed by atoms with E-state index in [-0.39, 0.29) is 23.8 Å². The predicted octanol–water partition coefficient (Wildman–Crippen LogP) is 8.35. The highest BCUT2D eigenvalue weighted by Gasteiger charge is 2.44. The van der Waals surface area contributed by atoms with Gasteiger partial charge in [-0.2, -0.15) is 4.98 Å². The summed E-state index contributed by atoms with van der Waals surface area (Å²) in [6, 6.07) is 14.6. The minimum absolute atomic E-state index is 0.0569. The molecule has 16 heteroatoms. The van der Waals surface area contributed by atoms with Gasteiger partial charge in [-0.3, -0.25) is 19.9 Å². The zero-order valence-electron chi connectivity index (χ0n) is 35.0. The highest BCUT2D eigenvalue weighted by atomic mass is 79.9. The zero-order valence-corrected chi connectivity index (χ0v) is 37.5. The minimum atomic E-state index is -2.75. The highest BCUT2D eigenvalue weighted by molar-refractivity contribution is 9.10. The number of pyridine rings is 1. The van der Waals surface area contributed by atoms with E-state index in [1.807, 2.05) is 31.2 Å². The molecule has 61 heavy (non-hydrogen) atoms. The number of piperidine rings is 1. The molecule has 8 rings (SSSR count). The van der Waals surface area contributed by atoms with Gasteiger partial charge < -0.3 is 29.7 Å². The lowest BCUT2D eigenvalue weighted by molar-refractivity contribution is -0.134. The standard InChI is InChI=1S/C45H50BrF2N8O4P/c1-6-28-21-36(52-44-49-23-31(46)42(54-44)51-35-11-10-34-29(8-7-26(2)50-34)41(35)61(4,5)59)38(60-3)22-37(28)56-18-15-45(25-56)14-17-55(24-45)16-13-27-19-32(47)40(33(48)20-27)30-9-12-39(57)53-43(30)58/h7-8,10-11,19-23,30H,6,9,12-18,24-25H2,1-5H3,(H,53,57,58)(H2,49,51,52,54). The third kappa shape index (κ3) is 8.87. The molecule has 1 spiro atoms. The maximum absolute atomic E-state index is 15.2. The lowest BCUT2D eigenvalue weighted by Gasteiger charge is -2.28. The van der Waals surface area contributed by atoms with Gasteiger partial charge >= 0.3 is 0 Å². The monoisotopic (exact) mass is 914 g/mol.